The first-order valence-corrected chi connectivity index (χ1v) is 6.39. The predicted molar refractivity (Wildman–Crippen MR) is 71.3 cm³/mol. The maximum atomic E-state index is 12.3. The number of nitrogens with zero attached hydrogens (tertiary/aromatic N) is 1. The average molecular weight is 272 g/mol. The Morgan fingerprint density at radius 2 is 1.83 bits per heavy atom. The number of phenolic OH excluding ortho intramolecular Hbond substituents is 2. The second-order valence-electron chi connectivity index (χ2n) is 4.37. The monoisotopic (exact) mass is 271 g/mol. The van der Waals surface area contributed by atoms with Crippen LogP contribution >= 0.6 is 11.6 Å². The standard InChI is InChI=1S/C13H18ClNO3/c1-9(2)15(5-3-4-14)13(18)10-6-11(16)8-12(17)7-10/h6-9,16-17H,3-5H2,1-2H3. The van der Waals surface area contributed by atoms with Crippen LogP contribution in [0.25, 0.3) is 0 Å². The van der Waals surface area contributed by atoms with E-state index < -0.39 is 0 Å². The van der Waals surface area contributed by atoms with Gasteiger partial charge in [0.15, 0.2) is 0 Å². The summed E-state index contributed by atoms with van der Waals surface area (Å²) in [5, 5.41) is 18.8. The fourth-order valence-corrected chi connectivity index (χ4v) is 1.83. The van der Waals surface area contributed by atoms with Gasteiger partial charge in [-0.3, -0.25) is 4.79 Å². The lowest BCUT2D eigenvalue weighted by Crippen LogP contribution is -2.37. The van der Waals surface area contributed by atoms with Crippen LogP contribution in [0.1, 0.15) is 30.6 Å². The second kappa shape index (κ2) is 6.50. The number of aromatic hydroxyl groups is 2. The van der Waals surface area contributed by atoms with Crippen LogP contribution in [0.5, 0.6) is 11.5 Å². The van der Waals surface area contributed by atoms with Gasteiger partial charge in [0.1, 0.15) is 11.5 Å². The van der Waals surface area contributed by atoms with Gasteiger partial charge in [-0.05, 0) is 32.4 Å². The van der Waals surface area contributed by atoms with Gasteiger partial charge in [0.05, 0.1) is 0 Å². The van der Waals surface area contributed by atoms with Crippen LogP contribution in [0.3, 0.4) is 0 Å². The maximum Gasteiger partial charge on any atom is 0.254 e. The molecule has 18 heavy (non-hydrogen) atoms. The molecule has 0 bridgehead atoms. The molecule has 0 aliphatic heterocycles. The van der Waals surface area contributed by atoms with Crippen molar-refractivity contribution in [3.63, 3.8) is 0 Å². The highest BCUT2D eigenvalue weighted by molar-refractivity contribution is 6.17. The molecule has 1 rings (SSSR count). The summed E-state index contributed by atoms with van der Waals surface area (Å²) >= 11 is 5.63. The minimum atomic E-state index is -0.221. The van der Waals surface area contributed by atoms with E-state index in [1.165, 1.54) is 18.2 Å². The van der Waals surface area contributed by atoms with Crippen molar-refractivity contribution >= 4 is 17.5 Å². The van der Waals surface area contributed by atoms with Crippen molar-refractivity contribution in [1.82, 2.24) is 4.90 Å². The molecular formula is C13H18ClNO3. The van der Waals surface area contributed by atoms with E-state index in [9.17, 15) is 15.0 Å². The zero-order valence-corrected chi connectivity index (χ0v) is 11.3. The number of amides is 1. The molecule has 0 saturated heterocycles. The first kappa shape index (κ1) is 14.6. The second-order valence-corrected chi connectivity index (χ2v) is 4.75. The molecule has 5 heteroatoms. The number of phenols is 2. The highest BCUT2D eigenvalue weighted by Gasteiger charge is 2.19. The fourth-order valence-electron chi connectivity index (χ4n) is 1.71. The number of benzene rings is 1. The van der Waals surface area contributed by atoms with Crippen LogP contribution in [-0.2, 0) is 0 Å². The molecule has 4 nitrogen and oxygen atoms in total. The number of hydrogen-bond acceptors (Lipinski definition) is 3. The average Bonchev–Trinajstić information content (AvgIpc) is 2.27. The number of alkyl halides is 1. The Morgan fingerprint density at radius 1 is 1.28 bits per heavy atom. The van der Waals surface area contributed by atoms with E-state index in [-0.39, 0.29) is 29.0 Å². The summed E-state index contributed by atoms with van der Waals surface area (Å²) in [5.74, 6) is 0.0158. The summed E-state index contributed by atoms with van der Waals surface area (Å²) in [6.07, 6.45) is 0.705. The highest BCUT2D eigenvalue weighted by Crippen LogP contribution is 2.22. The third kappa shape index (κ3) is 3.81. The van der Waals surface area contributed by atoms with Gasteiger partial charge < -0.3 is 15.1 Å². The largest absolute Gasteiger partial charge is 0.508 e. The van der Waals surface area contributed by atoms with Gasteiger partial charge in [-0.1, -0.05) is 0 Å². The first-order chi connectivity index (χ1) is 8.45. The molecule has 0 aromatic heterocycles. The van der Waals surface area contributed by atoms with E-state index in [4.69, 9.17) is 11.6 Å². The van der Waals surface area contributed by atoms with Crippen LogP contribution in [0.4, 0.5) is 0 Å². The minimum absolute atomic E-state index is 0.0326. The molecule has 0 aliphatic rings. The summed E-state index contributed by atoms with van der Waals surface area (Å²) in [5.41, 5.74) is 0.274. The SMILES string of the molecule is CC(C)N(CCCCl)C(=O)c1cc(O)cc(O)c1. The number of halogens is 1. The van der Waals surface area contributed by atoms with Gasteiger partial charge in [0, 0.05) is 30.1 Å². The summed E-state index contributed by atoms with van der Waals surface area (Å²) in [4.78, 5) is 13.9. The van der Waals surface area contributed by atoms with Crippen molar-refractivity contribution in [3.05, 3.63) is 23.8 Å². The lowest BCUT2D eigenvalue weighted by Gasteiger charge is -2.26. The number of carbonyl (C=O) groups is 1. The van der Waals surface area contributed by atoms with Crippen molar-refractivity contribution in [2.45, 2.75) is 26.3 Å². The Bertz CT molecular complexity index is 400. The third-order valence-electron chi connectivity index (χ3n) is 2.57. The molecule has 0 heterocycles. The molecule has 1 aromatic rings. The van der Waals surface area contributed by atoms with E-state index in [1.54, 1.807) is 4.90 Å². The van der Waals surface area contributed by atoms with Crippen LogP contribution in [0.15, 0.2) is 18.2 Å². The van der Waals surface area contributed by atoms with Crippen molar-refractivity contribution in [2.75, 3.05) is 12.4 Å². The predicted octanol–water partition coefficient (Wildman–Crippen LogP) is 2.58. The zero-order chi connectivity index (χ0) is 13.7. The van der Waals surface area contributed by atoms with Crippen molar-refractivity contribution < 1.29 is 15.0 Å². The molecule has 100 valence electrons. The van der Waals surface area contributed by atoms with E-state index in [0.717, 1.165) is 0 Å². The van der Waals surface area contributed by atoms with E-state index in [2.05, 4.69) is 0 Å². The molecule has 0 aliphatic carbocycles. The first-order valence-electron chi connectivity index (χ1n) is 5.85. The van der Waals surface area contributed by atoms with Gasteiger partial charge in [-0.25, -0.2) is 0 Å². The van der Waals surface area contributed by atoms with Gasteiger partial charge in [-0.2, -0.15) is 0 Å². The number of rotatable bonds is 5. The molecule has 0 atom stereocenters. The van der Waals surface area contributed by atoms with E-state index in [1.807, 2.05) is 13.8 Å². The Morgan fingerprint density at radius 3 is 2.28 bits per heavy atom. The van der Waals surface area contributed by atoms with Crippen molar-refractivity contribution in [3.8, 4) is 11.5 Å². The number of hydrogen-bond donors (Lipinski definition) is 2. The molecule has 0 saturated carbocycles. The summed E-state index contributed by atoms with van der Waals surface area (Å²) < 4.78 is 0. The van der Waals surface area contributed by atoms with Crippen LogP contribution in [0, 0.1) is 0 Å². The molecule has 0 spiro atoms. The smallest absolute Gasteiger partial charge is 0.254 e. The van der Waals surface area contributed by atoms with Gasteiger partial charge in [-0.15, -0.1) is 11.6 Å². The summed E-state index contributed by atoms with van der Waals surface area (Å²) in [6, 6.07) is 3.91. The molecule has 0 unspecified atom stereocenters. The Balaban J connectivity index is 2.94. The van der Waals surface area contributed by atoms with Crippen molar-refractivity contribution in [1.29, 1.82) is 0 Å². The topological polar surface area (TPSA) is 60.8 Å². The van der Waals surface area contributed by atoms with Crippen LogP contribution in [-0.4, -0.2) is 39.5 Å². The van der Waals surface area contributed by atoms with Gasteiger partial charge in [0.25, 0.3) is 5.91 Å². The number of carbonyl (C=O) groups excluding carboxylic acids is 1. The normalized spacial score (nSPS) is 10.7. The quantitative estimate of drug-likeness (QED) is 0.809. The summed E-state index contributed by atoms with van der Waals surface area (Å²) in [6.45, 7) is 4.37. The van der Waals surface area contributed by atoms with E-state index in [0.29, 0.717) is 18.8 Å². The fraction of sp³-hybridized carbons (Fsp3) is 0.462. The molecule has 1 amide bonds. The Hall–Kier alpha value is -1.42. The Kier molecular flexibility index (Phi) is 5.28. The molecule has 2 N–H and O–H groups in total. The van der Waals surface area contributed by atoms with Gasteiger partial charge >= 0.3 is 0 Å². The molecular weight excluding hydrogens is 254 g/mol. The third-order valence-corrected chi connectivity index (χ3v) is 2.83. The zero-order valence-electron chi connectivity index (χ0n) is 10.6. The molecule has 0 radical (unpaired) electrons. The van der Waals surface area contributed by atoms with E-state index >= 15 is 0 Å². The molecule has 1 aromatic carbocycles. The molecule has 0 fully saturated rings. The minimum Gasteiger partial charge on any atom is -0.508 e. The van der Waals surface area contributed by atoms with Crippen LogP contribution < -0.4 is 0 Å². The Labute approximate surface area is 112 Å². The highest BCUT2D eigenvalue weighted by atomic mass is 35.5. The lowest BCUT2D eigenvalue weighted by atomic mass is 10.1. The van der Waals surface area contributed by atoms with Crippen LogP contribution in [0.2, 0.25) is 0 Å². The van der Waals surface area contributed by atoms with Gasteiger partial charge in [0.2, 0.25) is 0 Å². The van der Waals surface area contributed by atoms with Crippen molar-refractivity contribution in [2.24, 2.45) is 0 Å². The maximum absolute atomic E-state index is 12.3. The lowest BCUT2D eigenvalue weighted by molar-refractivity contribution is 0.0705. The summed E-state index contributed by atoms with van der Waals surface area (Å²) in [7, 11) is 0.